The van der Waals surface area contributed by atoms with Crippen LogP contribution >= 0.6 is 0 Å². The summed E-state index contributed by atoms with van der Waals surface area (Å²) in [4.78, 5) is 0. The molecule has 0 saturated heterocycles. The van der Waals surface area contributed by atoms with Gasteiger partial charge in [-0.05, 0) is 25.7 Å². The van der Waals surface area contributed by atoms with Crippen LogP contribution in [0.25, 0.3) is 0 Å². The molecule has 0 aliphatic heterocycles. The smallest absolute Gasteiger partial charge is 0.337 e. The number of hydrogen-bond donors (Lipinski definition) is 1. The fraction of sp³-hybridized carbons (Fsp3) is 1.00. The van der Waals surface area contributed by atoms with Crippen molar-refractivity contribution in [3.8, 4) is 0 Å². The Kier molecular flexibility index (Phi) is 20.4. The molecule has 1 unspecified atom stereocenters. The first-order valence-electron chi connectivity index (χ1n) is 9.38. The number of aliphatic hydroxyl groups excluding tert-OH is 1. The van der Waals surface area contributed by atoms with Gasteiger partial charge in [0.1, 0.15) is 0 Å². The molecule has 0 amide bonds. The Labute approximate surface area is 163 Å². The maximum Gasteiger partial charge on any atom is 0.337 e. The minimum Gasteiger partial charge on any atom is -0.362 e. The standard InChI is InChI=1S/C18H38O5.Ti/c1-5-9-13-20-17(19)18(21-14-10-6-2,22-15-11-7-3)23-16-12-8-4;/h17,19H,5-16H2,1-4H3;. The quantitative estimate of drug-likeness (QED) is 0.232. The Morgan fingerprint density at radius 2 is 1.00 bits per heavy atom. The average Bonchev–Trinajstić information content (AvgIpc) is 2.55. The van der Waals surface area contributed by atoms with E-state index < -0.39 is 12.3 Å². The molecule has 0 aromatic rings. The molecule has 0 radical (unpaired) electrons. The van der Waals surface area contributed by atoms with Crippen LogP contribution in [0.5, 0.6) is 0 Å². The molecule has 0 fully saturated rings. The summed E-state index contributed by atoms with van der Waals surface area (Å²) in [5.41, 5.74) is 0. The predicted molar refractivity (Wildman–Crippen MR) is 92.2 cm³/mol. The third kappa shape index (κ3) is 12.0. The third-order valence-corrected chi connectivity index (χ3v) is 3.48. The molecule has 0 aromatic carbocycles. The van der Waals surface area contributed by atoms with Gasteiger partial charge in [-0.3, -0.25) is 0 Å². The van der Waals surface area contributed by atoms with Gasteiger partial charge in [0.15, 0.2) is 0 Å². The second-order valence-corrected chi connectivity index (χ2v) is 5.79. The zero-order valence-electron chi connectivity index (χ0n) is 16.1. The SMILES string of the molecule is CCCCOC(O)C(OCCCC)(OCCCC)OCCCC.[Ti]. The van der Waals surface area contributed by atoms with Gasteiger partial charge in [-0.1, -0.05) is 53.4 Å². The Morgan fingerprint density at radius 3 is 1.33 bits per heavy atom. The van der Waals surface area contributed by atoms with Crippen molar-refractivity contribution < 1.29 is 45.8 Å². The minimum atomic E-state index is -1.51. The van der Waals surface area contributed by atoms with Gasteiger partial charge in [-0.2, -0.15) is 0 Å². The van der Waals surface area contributed by atoms with Gasteiger partial charge in [0, 0.05) is 21.7 Å². The van der Waals surface area contributed by atoms with Crippen molar-refractivity contribution in [2.45, 2.75) is 91.3 Å². The molecular formula is C18H38O5Ti. The minimum absolute atomic E-state index is 0. The van der Waals surface area contributed by atoms with Crippen LogP contribution in [0.4, 0.5) is 0 Å². The molecule has 0 aromatic heterocycles. The molecule has 144 valence electrons. The molecule has 0 aliphatic rings. The summed E-state index contributed by atoms with van der Waals surface area (Å²) >= 11 is 0. The zero-order chi connectivity index (χ0) is 17.4. The summed E-state index contributed by atoms with van der Waals surface area (Å²) in [7, 11) is 0. The monoisotopic (exact) mass is 382 g/mol. The molecule has 5 nitrogen and oxygen atoms in total. The summed E-state index contributed by atoms with van der Waals surface area (Å²) < 4.78 is 23.0. The van der Waals surface area contributed by atoms with E-state index in [0.717, 1.165) is 51.4 Å². The van der Waals surface area contributed by atoms with Crippen LogP contribution in [-0.2, 0) is 40.7 Å². The molecule has 0 saturated carbocycles. The van der Waals surface area contributed by atoms with E-state index in [1.54, 1.807) is 0 Å². The fourth-order valence-electron chi connectivity index (χ4n) is 1.86. The molecule has 1 atom stereocenters. The van der Waals surface area contributed by atoms with Crippen LogP contribution in [0.1, 0.15) is 79.1 Å². The van der Waals surface area contributed by atoms with Crippen molar-refractivity contribution in [3.05, 3.63) is 0 Å². The van der Waals surface area contributed by atoms with Crippen molar-refractivity contribution in [2.75, 3.05) is 26.4 Å². The third-order valence-electron chi connectivity index (χ3n) is 3.48. The van der Waals surface area contributed by atoms with E-state index in [0.29, 0.717) is 26.4 Å². The first-order valence-corrected chi connectivity index (χ1v) is 9.38. The van der Waals surface area contributed by atoms with E-state index in [4.69, 9.17) is 18.9 Å². The molecule has 24 heavy (non-hydrogen) atoms. The van der Waals surface area contributed by atoms with E-state index >= 15 is 0 Å². The van der Waals surface area contributed by atoms with Crippen LogP contribution in [0.15, 0.2) is 0 Å². The Hall–Kier alpha value is 0.514. The van der Waals surface area contributed by atoms with E-state index in [1.807, 2.05) is 0 Å². The van der Waals surface area contributed by atoms with Crippen molar-refractivity contribution >= 4 is 0 Å². The average molecular weight is 382 g/mol. The van der Waals surface area contributed by atoms with Gasteiger partial charge in [-0.15, -0.1) is 0 Å². The maximum absolute atomic E-state index is 10.5. The normalized spacial score (nSPS) is 12.9. The van der Waals surface area contributed by atoms with E-state index in [2.05, 4.69) is 27.7 Å². The van der Waals surface area contributed by atoms with Crippen molar-refractivity contribution in [1.82, 2.24) is 0 Å². The van der Waals surface area contributed by atoms with Crippen LogP contribution < -0.4 is 0 Å². The summed E-state index contributed by atoms with van der Waals surface area (Å²) in [6.07, 6.45) is 6.33. The second-order valence-electron chi connectivity index (χ2n) is 5.79. The molecule has 0 heterocycles. The topological polar surface area (TPSA) is 57.2 Å². The first kappa shape index (κ1) is 26.7. The van der Waals surface area contributed by atoms with Crippen LogP contribution in [-0.4, -0.2) is 43.8 Å². The van der Waals surface area contributed by atoms with Crippen molar-refractivity contribution in [2.24, 2.45) is 0 Å². The predicted octanol–water partition coefficient (Wildman–Crippen LogP) is 4.22. The summed E-state index contributed by atoms with van der Waals surface area (Å²) in [6, 6.07) is 0. The zero-order valence-corrected chi connectivity index (χ0v) is 17.7. The fourth-order valence-corrected chi connectivity index (χ4v) is 1.86. The van der Waals surface area contributed by atoms with E-state index in [-0.39, 0.29) is 21.7 Å². The van der Waals surface area contributed by atoms with Gasteiger partial charge in [0.05, 0.1) is 26.4 Å². The van der Waals surface area contributed by atoms with Gasteiger partial charge in [0.25, 0.3) is 0 Å². The van der Waals surface area contributed by atoms with Gasteiger partial charge in [0.2, 0.25) is 6.29 Å². The summed E-state index contributed by atoms with van der Waals surface area (Å²) in [5.74, 6) is -1.51. The Balaban J connectivity index is 0. The number of aliphatic hydroxyl groups is 1. The van der Waals surface area contributed by atoms with E-state index in [1.165, 1.54) is 0 Å². The van der Waals surface area contributed by atoms with Crippen LogP contribution in [0.3, 0.4) is 0 Å². The summed E-state index contributed by atoms with van der Waals surface area (Å²) in [5, 5.41) is 10.5. The van der Waals surface area contributed by atoms with Gasteiger partial charge in [-0.25, -0.2) is 0 Å². The Bertz CT molecular complexity index is 227. The van der Waals surface area contributed by atoms with Gasteiger partial charge >= 0.3 is 5.97 Å². The molecule has 0 aliphatic carbocycles. The van der Waals surface area contributed by atoms with Crippen LogP contribution in [0, 0.1) is 0 Å². The maximum atomic E-state index is 10.5. The Morgan fingerprint density at radius 1 is 0.667 bits per heavy atom. The van der Waals surface area contributed by atoms with E-state index in [9.17, 15) is 5.11 Å². The molecule has 1 N–H and O–H groups in total. The summed E-state index contributed by atoms with van der Waals surface area (Å²) in [6.45, 7) is 10.2. The molecule has 0 rings (SSSR count). The number of rotatable bonds is 17. The molecule has 6 heteroatoms. The number of ether oxygens (including phenoxy) is 4. The van der Waals surface area contributed by atoms with Crippen LogP contribution in [0.2, 0.25) is 0 Å². The second kappa shape index (κ2) is 18.3. The van der Waals surface area contributed by atoms with Crippen molar-refractivity contribution in [1.29, 1.82) is 0 Å². The number of hydrogen-bond acceptors (Lipinski definition) is 5. The number of unbranched alkanes of at least 4 members (excludes halogenated alkanes) is 4. The van der Waals surface area contributed by atoms with Crippen molar-refractivity contribution in [3.63, 3.8) is 0 Å². The molecule has 0 bridgehead atoms. The largest absolute Gasteiger partial charge is 0.362 e. The first-order chi connectivity index (χ1) is 11.2. The molecular weight excluding hydrogens is 344 g/mol. The van der Waals surface area contributed by atoms with Gasteiger partial charge < -0.3 is 24.1 Å². The molecule has 0 spiro atoms.